The number of carbonyl (C=O) groups is 4. The number of benzene rings is 2. The second kappa shape index (κ2) is 6.92. The quantitative estimate of drug-likeness (QED) is 0.603. The molecule has 28 heavy (non-hydrogen) atoms. The van der Waals surface area contributed by atoms with Crippen LogP contribution in [-0.2, 0) is 27.3 Å². The van der Waals surface area contributed by atoms with Crippen molar-refractivity contribution in [1.29, 1.82) is 0 Å². The Labute approximate surface area is 162 Å². The molecule has 142 valence electrons. The van der Waals surface area contributed by atoms with Gasteiger partial charge in [-0.15, -0.1) is 0 Å². The summed E-state index contributed by atoms with van der Waals surface area (Å²) in [6.45, 7) is 1.46. The first-order valence-corrected chi connectivity index (χ1v) is 9.08. The van der Waals surface area contributed by atoms with Crippen LogP contribution in [0, 0.1) is 0 Å². The molecule has 1 atom stereocenters. The first-order chi connectivity index (χ1) is 13.5. The number of imide groups is 2. The van der Waals surface area contributed by atoms with E-state index >= 15 is 0 Å². The van der Waals surface area contributed by atoms with Crippen LogP contribution in [0.5, 0.6) is 0 Å². The summed E-state index contributed by atoms with van der Waals surface area (Å²) >= 11 is 0. The van der Waals surface area contributed by atoms with Gasteiger partial charge >= 0.3 is 17.8 Å². The van der Waals surface area contributed by atoms with Crippen molar-refractivity contribution in [3.63, 3.8) is 0 Å². The molecule has 0 spiro atoms. The summed E-state index contributed by atoms with van der Waals surface area (Å²) in [4.78, 5) is 53.4. The van der Waals surface area contributed by atoms with E-state index in [9.17, 15) is 19.2 Å². The van der Waals surface area contributed by atoms with Crippen molar-refractivity contribution in [2.24, 2.45) is 0 Å². The number of amides is 5. The number of carbonyl (C=O) groups excluding carboxylic acids is 4. The van der Waals surface area contributed by atoms with Gasteiger partial charge in [-0.1, -0.05) is 48.5 Å². The molecule has 1 saturated heterocycles. The molecule has 0 aromatic heterocycles. The molecule has 0 aliphatic carbocycles. The minimum Gasteiger partial charge on any atom is -0.307 e. The summed E-state index contributed by atoms with van der Waals surface area (Å²) in [5.41, 5.74) is 2.56. The Kier molecular flexibility index (Phi) is 4.43. The third kappa shape index (κ3) is 2.94. The molecule has 4 rings (SSSR count). The average Bonchev–Trinajstić information content (AvgIpc) is 3.13. The zero-order chi connectivity index (χ0) is 19.8. The lowest BCUT2D eigenvalue weighted by Gasteiger charge is -2.24. The van der Waals surface area contributed by atoms with Gasteiger partial charge in [0.15, 0.2) is 0 Å². The standard InChI is InChI=1S/C21H19N3O4/c1-14-11-16-9-5-6-10-17(16)24(14)18(25)13-23-20(27)19(26)22(21(23)28)12-15-7-3-2-4-8-15/h2-10,14H,11-13H2,1H3/t14-/m0/s1. The molecule has 0 bridgehead atoms. The number of para-hydroxylation sites is 1. The van der Waals surface area contributed by atoms with Crippen molar-refractivity contribution >= 4 is 29.4 Å². The van der Waals surface area contributed by atoms with Crippen LogP contribution in [0.1, 0.15) is 18.1 Å². The molecule has 2 aliphatic rings. The lowest BCUT2D eigenvalue weighted by Crippen LogP contribution is -2.45. The maximum Gasteiger partial charge on any atom is 0.335 e. The number of nitrogens with zero attached hydrogens (tertiary/aromatic N) is 3. The lowest BCUT2D eigenvalue weighted by molar-refractivity contribution is -0.144. The Morgan fingerprint density at radius 2 is 1.57 bits per heavy atom. The Balaban J connectivity index is 1.52. The Morgan fingerprint density at radius 1 is 0.929 bits per heavy atom. The molecule has 2 aromatic rings. The zero-order valence-corrected chi connectivity index (χ0v) is 15.4. The van der Waals surface area contributed by atoms with Gasteiger partial charge in [0.1, 0.15) is 6.54 Å². The van der Waals surface area contributed by atoms with Crippen LogP contribution in [0.3, 0.4) is 0 Å². The Bertz CT molecular complexity index is 973. The maximum atomic E-state index is 12.9. The highest BCUT2D eigenvalue weighted by Crippen LogP contribution is 2.32. The third-order valence-electron chi connectivity index (χ3n) is 5.09. The summed E-state index contributed by atoms with van der Waals surface area (Å²) in [6, 6.07) is 15.6. The summed E-state index contributed by atoms with van der Waals surface area (Å²) in [7, 11) is 0. The van der Waals surface area contributed by atoms with Crippen LogP contribution in [0.25, 0.3) is 0 Å². The third-order valence-corrected chi connectivity index (χ3v) is 5.09. The molecule has 1 fully saturated rings. The molecule has 5 amide bonds. The fourth-order valence-electron chi connectivity index (χ4n) is 3.75. The van der Waals surface area contributed by atoms with E-state index in [2.05, 4.69) is 0 Å². The minimum absolute atomic E-state index is 0.00210. The van der Waals surface area contributed by atoms with E-state index in [0.29, 0.717) is 6.42 Å². The van der Waals surface area contributed by atoms with Crippen molar-refractivity contribution in [3.8, 4) is 0 Å². The minimum atomic E-state index is -0.964. The second-order valence-electron chi connectivity index (χ2n) is 7.00. The van der Waals surface area contributed by atoms with Crippen molar-refractivity contribution in [2.75, 3.05) is 11.4 Å². The number of fused-ring (bicyclic) bond motifs is 1. The fraction of sp³-hybridized carbons (Fsp3) is 0.238. The highest BCUT2D eigenvalue weighted by atomic mass is 16.2. The van der Waals surface area contributed by atoms with Gasteiger partial charge in [0, 0.05) is 11.7 Å². The van der Waals surface area contributed by atoms with E-state index in [1.54, 1.807) is 29.2 Å². The zero-order valence-electron chi connectivity index (χ0n) is 15.4. The predicted octanol–water partition coefficient (Wildman–Crippen LogP) is 1.96. The number of anilines is 1. The maximum absolute atomic E-state index is 12.9. The number of hydrogen-bond donors (Lipinski definition) is 0. The van der Waals surface area contributed by atoms with E-state index in [1.165, 1.54) is 0 Å². The molecule has 2 heterocycles. The van der Waals surface area contributed by atoms with Crippen LogP contribution in [0.4, 0.5) is 10.5 Å². The summed E-state index contributed by atoms with van der Waals surface area (Å²) < 4.78 is 0. The van der Waals surface area contributed by atoms with Gasteiger partial charge < -0.3 is 4.90 Å². The van der Waals surface area contributed by atoms with Crippen LogP contribution >= 0.6 is 0 Å². The van der Waals surface area contributed by atoms with E-state index in [1.807, 2.05) is 37.3 Å². The SMILES string of the molecule is C[C@H]1Cc2ccccc2N1C(=O)CN1C(=O)C(=O)N(Cc2ccccc2)C1=O. The van der Waals surface area contributed by atoms with Gasteiger partial charge in [-0.25, -0.2) is 9.69 Å². The molecule has 0 radical (unpaired) electrons. The predicted molar refractivity (Wildman–Crippen MR) is 101 cm³/mol. The van der Waals surface area contributed by atoms with Crippen LogP contribution < -0.4 is 4.90 Å². The molecule has 2 aliphatic heterocycles. The molecular formula is C21H19N3O4. The largest absolute Gasteiger partial charge is 0.335 e. The average molecular weight is 377 g/mol. The molecule has 0 N–H and O–H groups in total. The van der Waals surface area contributed by atoms with Gasteiger partial charge in [0.2, 0.25) is 5.91 Å². The molecule has 7 nitrogen and oxygen atoms in total. The van der Waals surface area contributed by atoms with Gasteiger partial charge in [-0.05, 0) is 30.5 Å². The monoisotopic (exact) mass is 377 g/mol. The van der Waals surface area contributed by atoms with Gasteiger partial charge in [-0.3, -0.25) is 19.3 Å². The van der Waals surface area contributed by atoms with Crippen LogP contribution in [0.15, 0.2) is 54.6 Å². The van der Waals surface area contributed by atoms with E-state index in [-0.39, 0.29) is 18.5 Å². The Morgan fingerprint density at radius 3 is 2.32 bits per heavy atom. The van der Waals surface area contributed by atoms with Gasteiger partial charge in [0.05, 0.1) is 6.54 Å². The summed E-state index contributed by atoms with van der Waals surface area (Å²) in [5.74, 6) is -2.25. The normalized spacial score (nSPS) is 18.8. The first kappa shape index (κ1) is 17.9. The van der Waals surface area contributed by atoms with Crippen molar-refractivity contribution in [2.45, 2.75) is 25.9 Å². The van der Waals surface area contributed by atoms with Crippen molar-refractivity contribution in [3.05, 3.63) is 65.7 Å². The molecule has 2 aromatic carbocycles. The van der Waals surface area contributed by atoms with Crippen LogP contribution in [0.2, 0.25) is 0 Å². The number of hydrogen-bond acceptors (Lipinski definition) is 4. The van der Waals surface area contributed by atoms with Crippen LogP contribution in [-0.4, -0.2) is 46.1 Å². The summed E-state index contributed by atoms with van der Waals surface area (Å²) in [5, 5.41) is 0. The van der Waals surface area contributed by atoms with Gasteiger partial charge in [0.25, 0.3) is 0 Å². The Hall–Kier alpha value is -3.48. The topological polar surface area (TPSA) is 78.0 Å². The van der Waals surface area contributed by atoms with Crippen molar-refractivity contribution < 1.29 is 19.2 Å². The first-order valence-electron chi connectivity index (χ1n) is 9.08. The summed E-state index contributed by atoms with van der Waals surface area (Å²) in [6.07, 6.45) is 0.711. The molecular weight excluding hydrogens is 358 g/mol. The smallest absolute Gasteiger partial charge is 0.307 e. The van der Waals surface area contributed by atoms with E-state index < -0.39 is 24.4 Å². The molecule has 7 heteroatoms. The number of urea groups is 1. The second-order valence-corrected chi connectivity index (χ2v) is 7.00. The highest BCUT2D eigenvalue weighted by molar-refractivity contribution is 6.45. The highest BCUT2D eigenvalue weighted by Gasteiger charge is 2.46. The van der Waals surface area contributed by atoms with E-state index in [0.717, 1.165) is 26.6 Å². The molecule has 0 saturated carbocycles. The fourth-order valence-corrected chi connectivity index (χ4v) is 3.75. The lowest BCUT2D eigenvalue weighted by atomic mass is 10.1. The molecule has 0 unspecified atom stereocenters. The van der Waals surface area contributed by atoms with Crippen molar-refractivity contribution in [1.82, 2.24) is 9.80 Å². The van der Waals surface area contributed by atoms with Gasteiger partial charge in [-0.2, -0.15) is 0 Å². The van der Waals surface area contributed by atoms with E-state index in [4.69, 9.17) is 0 Å². The number of rotatable bonds is 4.